The van der Waals surface area contributed by atoms with Crippen molar-refractivity contribution in [3.05, 3.63) is 0 Å². The lowest BCUT2D eigenvalue weighted by molar-refractivity contribution is 0.313. The third-order valence-electron chi connectivity index (χ3n) is 1.70. The average molecular weight is 196 g/mol. The fourth-order valence-corrected chi connectivity index (χ4v) is 2.13. The van der Waals surface area contributed by atoms with E-state index in [4.69, 9.17) is 0 Å². The zero-order valence-electron chi connectivity index (χ0n) is 6.24. The lowest BCUT2D eigenvalue weighted by Gasteiger charge is -2.34. The Morgan fingerprint density at radius 1 is 1.36 bits per heavy atom. The molecular weight excluding hydrogens is 184 g/mol. The fourth-order valence-electron chi connectivity index (χ4n) is 1.12. The summed E-state index contributed by atoms with van der Waals surface area (Å²) in [5, 5.41) is 0. The van der Waals surface area contributed by atoms with Gasteiger partial charge in [-0.1, -0.05) is 12.8 Å². The molecule has 4 nitrogen and oxygen atoms in total. The highest BCUT2D eigenvalue weighted by Gasteiger charge is 2.29. The summed E-state index contributed by atoms with van der Waals surface area (Å²) in [7, 11) is -3.02. The van der Waals surface area contributed by atoms with Crippen molar-refractivity contribution >= 4 is 22.8 Å². The molecule has 0 amide bonds. The number of thiol groups is 1. The zero-order chi connectivity index (χ0) is 8.48. The quantitative estimate of drug-likeness (QED) is 0.533. The fraction of sp³-hybridized carbons (Fsp3) is 1.00. The molecule has 0 spiro atoms. The molecule has 1 rings (SSSR count). The van der Waals surface area contributed by atoms with Crippen LogP contribution in [0.1, 0.15) is 12.8 Å². The number of hydrogen-bond donors (Lipinski definition) is 3. The van der Waals surface area contributed by atoms with Gasteiger partial charge in [0.05, 0.1) is 6.26 Å². The molecule has 66 valence electrons. The van der Waals surface area contributed by atoms with Crippen molar-refractivity contribution in [1.29, 1.82) is 0 Å². The molecule has 0 unspecified atom stereocenters. The molecule has 0 aromatic heterocycles. The second-order valence-corrected chi connectivity index (χ2v) is 4.92. The summed E-state index contributed by atoms with van der Waals surface area (Å²) in [6.07, 6.45) is 2.83. The predicted molar refractivity (Wildman–Crippen MR) is 46.9 cm³/mol. The van der Waals surface area contributed by atoms with Crippen LogP contribution in [-0.4, -0.2) is 26.8 Å². The monoisotopic (exact) mass is 196 g/mol. The van der Waals surface area contributed by atoms with Gasteiger partial charge in [0.2, 0.25) is 10.0 Å². The normalized spacial score (nSPS) is 31.5. The van der Waals surface area contributed by atoms with Gasteiger partial charge in [0.1, 0.15) is 0 Å². The Kier molecular flexibility index (Phi) is 2.79. The standard InChI is InChI=1S/C5H12N2O2S2/c1-11(8,9)7-5-2-4(3-5)6-10/h4-7,10H,2-3H2,1H3/t4-,5+. The summed E-state index contributed by atoms with van der Waals surface area (Å²) < 4.78 is 26.7. The van der Waals surface area contributed by atoms with Crippen LogP contribution in [0.2, 0.25) is 0 Å². The Morgan fingerprint density at radius 3 is 2.27 bits per heavy atom. The van der Waals surface area contributed by atoms with E-state index in [1.165, 1.54) is 6.26 Å². The first-order valence-corrected chi connectivity index (χ1v) is 5.72. The molecule has 1 aliphatic rings. The maximum Gasteiger partial charge on any atom is 0.208 e. The predicted octanol–water partition coefficient (Wildman–Crippen LogP) is -0.499. The van der Waals surface area contributed by atoms with Gasteiger partial charge in [-0.25, -0.2) is 13.1 Å². The van der Waals surface area contributed by atoms with Crippen molar-refractivity contribution in [3.8, 4) is 0 Å². The summed E-state index contributed by atoms with van der Waals surface area (Å²) in [6, 6.07) is 0.465. The Hall–Kier alpha value is 0.220. The molecule has 0 radical (unpaired) electrons. The number of sulfonamides is 1. The molecule has 1 aliphatic carbocycles. The van der Waals surface area contributed by atoms with E-state index in [0.29, 0.717) is 6.04 Å². The molecule has 2 N–H and O–H groups in total. The van der Waals surface area contributed by atoms with Gasteiger partial charge in [-0.15, -0.1) is 0 Å². The van der Waals surface area contributed by atoms with Crippen molar-refractivity contribution < 1.29 is 8.42 Å². The van der Waals surface area contributed by atoms with Crippen LogP contribution >= 0.6 is 12.8 Å². The van der Waals surface area contributed by atoms with Gasteiger partial charge in [-0.05, 0) is 12.8 Å². The highest BCUT2D eigenvalue weighted by atomic mass is 32.2. The first kappa shape index (κ1) is 9.31. The summed E-state index contributed by atoms with van der Waals surface area (Å²) >= 11 is 3.87. The van der Waals surface area contributed by atoms with Crippen molar-refractivity contribution in [1.82, 2.24) is 9.44 Å². The molecule has 0 heterocycles. The molecule has 0 aromatic rings. The number of nitrogens with one attached hydrogen (secondary N) is 2. The van der Waals surface area contributed by atoms with Crippen LogP contribution in [0.4, 0.5) is 0 Å². The van der Waals surface area contributed by atoms with Crippen LogP contribution in [0, 0.1) is 0 Å². The van der Waals surface area contributed by atoms with Crippen molar-refractivity contribution in [2.75, 3.05) is 6.26 Å². The lowest BCUT2D eigenvalue weighted by Crippen LogP contribution is -2.50. The Bertz CT molecular complexity index is 221. The SMILES string of the molecule is CS(=O)(=O)N[C@H]1C[C@@H](NS)C1. The van der Waals surface area contributed by atoms with E-state index < -0.39 is 10.0 Å². The molecular formula is C5H12N2O2S2. The summed E-state index contributed by atoms with van der Waals surface area (Å²) in [6.45, 7) is 0. The van der Waals surface area contributed by atoms with Gasteiger partial charge in [-0.3, -0.25) is 4.72 Å². The third kappa shape index (κ3) is 2.98. The average Bonchev–Trinajstić information content (AvgIpc) is 1.75. The number of rotatable bonds is 3. The first-order valence-electron chi connectivity index (χ1n) is 3.38. The minimum Gasteiger partial charge on any atom is -0.264 e. The van der Waals surface area contributed by atoms with Gasteiger partial charge in [0, 0.05) is 12.1 Å². The van der Waals surface area contributed by atoms with Crippen LogP contribution in [0.25, 0.3) is 0 Å². The van der Waals surface area contributed by atoms with E-state index in [0.717, 1.165) is 12.8 Å². The van der Waals surface area contributed by atoms with Gasteiger partial charge in [0.25, 0.3) is 0 Å². The minimum absolute atomic E-state index is 0.106. The van der Waals surface area contributed by atoms with Crippen molar-refractivity contribution in [3.63, 3.8) is 0 Å². The van der Waals surface area contributed by atoms with Crippen molar-refractivity contribution in [2.24, 2.45) is 0 Å². The summed E-state index contributed by atoms with van der Waals surface area (Å²) in [4.78, 5) is 0. The van der Waals surface area contributed by atoms with Gasteiger partial charge < -0.3 is 0 Å². The minimum atomic E-state index is -3.02. The molecule has 11 heavy (non-hydrogen) atoms. The van der Waals surface area contributed by atoms with Crippen LogP contribution < -0.4 is 9.44 Å². The summed E-state index contributed by atoms with van der Waals surface area (Å²) in [5.41, 5.74) is 0. The van der Waals surface area contributed by atoms with E-state index in [1.807, 2.05) is 0 Å². The van der Waals surface area contributed by atoms with E-state index in [2.05, 4.69) is 22.3 Å². The van der Waals surface area contributed by atoms with Crippen molar-refractivity contribution in [2.45, 2.75) is 24.9 Å². The van der Waals surface area contributed by atoms with Crippen LogP contribution in [0.5, 0.6) is 0 Å². The second-order valence-electron chi connectivity index (χ2n) is 2.88. The molecule has 1 saturated carbocycles. The highest BCUT2D eigenvalue weighted by molar-refractivity contribution is 7.88. The van der Waals surface area contributed by atoms with E-state index in [-0.39, 0.29) is 6.04 Å². The van der Waals surface area contributed by atoms with Gasteiger partial charge >= 0.3 is 0 Å². The second kappa shape index (κ2) is 3.30. The van der Waals surface area contributed by atoms with E-state index >= 15 is 0 Å². The Labute approximate surface area is 72.3 Å². The first-order chi connectivity index (χ1) is 5.01. The van der Waals surface area contributed by atoms with Crippen LogP contribution in [-0.2, 0) is 10.0 Å². The molecule has 1 fully saturated rings. The Morgan fingerprint density at radius 2 is 1.91 bits per heavy atom. The van der Waals surface area contributed by atoms with Gasteiger partial charge in [0.15, 0.2) is 0 Å². The molecule has 0 saturated heterocycles. The largest absolute Gasteiger partial charge is 0.264 e. The van der Waals surface area contributed by atoms with E-state index in [1.54, 1.807) is 0 Å². The zero-order valence-corrected chi connectivity index (χ0v) is 7.95. The molecule has 0 aliphatic heterocycles. The summed E-state index contributed by atoms with van der Waals surface area (Å²) in [5.74, 6) is 0. The third-order valence-corrected chi connectivity index (χ3v) is 2.83. The van der Waals surface area contributed by atoms with Gasteiger partial charge in [-0.2, -0.15) is 0 Å². The van der Waals surface area contributed by atoms with E-state index in [9.17, 15) is 8.42 Å². The highest BCUT2D eigenvalue weighted by Crippen LogP contribution is 2.20. The molecule has 0 bridgehead atoms. The maximum atomic E-state index is 10.7. The molecule has 0 atom stereocenters. The molecule has 0 aromatic carbocycles. The smallest absolute Gasteiger partial charge is 0.208 e. The van der Waals surface area contributed by atoms with Crippen LogP contribution in [0.3, 0.4) is 0 Å². The molecule has 6 heteroatoms. The maximum absolute atomic E-state index is 10.7. The van der Waals surface area contributed by atoms with Crippen LogP contribution in [0.15, 0.2) is 0 Å². The topological polar surface area (TPSA) is 58.2 Å². The number of hydrogen-bond acceptors (Lipinski definition) is 4. The lowest BCUT2D eigenvalue weighted by atomic mass is 9.89. The Balaban J connectivity index is 2.24.